The summed E-state index contributed by atoms with van der Waals surface area (Å²) in [7, 11) is 0. The Balaban J connectivity index is 1.38. The normalized spacial score (nSPS) is 9.89. The third-order valence-corrected chi connectivity index (χ3v) is 3.77. The summed E-state index contributed by atoms with van der Waals surface area (Å²) in [6, 6.07) is 16.5. The van der Waals surface area contributed by atoms with Crippen LogP contribution in [0.15, 0.2) is 60.8 Å². The van der Waals surface area contributed by atoms with Crippen LogP contribution in [0.1, 0.15) is 6.92 Å². The fraction of sp³-hybridized carbons (Fsp3) is 0.182. The Morgan fingerprint density at radius 2 is 1.86 bits per heavy atom. The summed E-state index contributed by atoms with van der Waals surface area (Å²) in [4.78, 5) is 16.1. The SMILES string of the molecule is CCOc1ccc(NC(=O)NCC#CCOc2ccc3cccnc3c2)cc1. The van der Waals surface area contributed by atoms with Crippen LogP contribution >= 0.6 is 0 Å². The summed E-state index contributed by atoms with van der Waals surface area (Å²) in [6.45, 7) is 2.99. The van der Waals surface area contributed by atoms with E-state index in [0.29, 0.717) is 18.0 Å². The Labute approximate surface area is 163 Å². The minimum Gasteiger partial charge on any atom is -0.494 e. The van der Waals surface area contributed by atoms with Crippen LogP contribution in [-0.2, 0) is 0 Å². The van der Waals surface area contributed by atoms with Gasteiger partial charge < -0.3 is 20.1 Å². The van der Waals surface area contributed by atoms with Gasteiger partial charge in [-0.15, -0.1) is 0 Å². The van der Waals surface area contributed by atoms with Gasteiger partial charge in [0.1, 0.15) is 18.1 Å². The molecule has 0 aliphatic carbocycles. The Morgan fingerprint density at radius 3 is 2.68 bits per heavy atom. The van der Waals surface area contributed by atoms with E-state index in [0.717, 1.165) is 16.7 Å². The minimum absolute atomic E-state index is 0.228. The molecule has 2 N–H and O–H groups in total. The van der Waals surface area contributed by atoms with Gasteiger partial charge in [-0.1, -0.05) is 17.9 Å². The fourth-order valence-electron chi connectivity index (χ4n) is 2.47. The maximum absolute atomic E-state index is 11.8. The molecule has 142 valence electrons. The molecule has 0 aliphatic rings. The van der Waals surface area contributed by atoms with E-state index in [-0.39, 0.29) is 19.2 Å². The topological polar surface area (TPSA) is 72.5 Å². The van der Waals surface area contributed by atoms with Gasteiger partial charge in [-0.05, 0) is 49.4 Å². The predicted octanol–water partition coefficient (Wildman–Crippen LogP) is 3.84. The highest BCUT2D eigenvalue weighted by atomic mass is 16.5. The van der Waals surface area contributed by atoms with Crippen LogP contribution in [-0.4, -0.2) is 30.8 Å². The van der Waals surface area contributed by atoms with Gasteiger partial charge in [0.15, 0.2) is 0 Å². The summed E-state index contributed by atoms with van der Waals surface area (Å²) in [5.74, 6) is 7.20. The second kappa shape index (κ2) is 9.83. The first kappa shape index (κ1) is 19.1. The van der Waals surface area contributed by atoms with Crippen LogP contribution in [0.25, 0.3) is 10.9 Å². The molecule has 3 rings (SSSR count). The Hall–Kier alpha value is -3.72. The van der Waals surface area contributed by atoms with Crippen molar-refractivity contribution in [3.05, 3.63) is 60.8 Å². The van der Waals surface area contributed by atoms with E-state index in [2.05, 4.69) is 27.5 Å². The molecular formula is C22H21N3O3. The number of nitrogens with one attached hydrogen (secondary N) is 2. The maximum atomic E-state index is 11.8. The van der Waals surface area contributed by atoms with E-state index in [4.69, 9.17) is 9.47 Å². The summed E-state index contributed by atoms with van der Waals surface area (Å²) in [6.07, 6.45) is 1.75. The number of fused-ring (bicyclic) bond motifs is 1. The highest BCUT2D eigenvalue weighted by Crippen LogP contribution is 2.18. The second-order valence-corrected chi connectivity index (χ2v) is 5.77. The number of hydrogen-bond donors (Lipinski definition) is 2. The van der Waals surface area contributed by atoms with Crippen molar-refractivity contribution in [2.75, 3.05) is 25.1 Å². The van der Waals surface area contributed by atoms with Crippen molar-refractivity contribution in [2.45, 2.75) is 6.92 Å². The van der Waals surface area contributed by atoms with Crippen LogP contribution in [0, 0.1) is 11.8 Å². The number of urea groups is 1. The van der Waals surface area contributed by atoms with Gasteiger partial charge in [0.2, 0.25) is 0 Å². The van der Waals surface area contributed by atoms with Crippen LogP contribution in [0.2, 0.25) is 0 Å². The van der Waals surface area contributed by atoms with Gasteiger partial charge >= 0.3 is 6.03 Å². The van der Waals surface area contributed by atoms with Crippen LogP contribution in [0.4, 0.5) is 10.5 Å². The number of anilines is 1. The number of ether oxygens (including phenoxy) is 2. The van der Waals surface area contributed by atoms with Crippen molar-refractivity contribution in [1.29, 1.82) is 0 Å². The fourth-order valence-corrected chi connectivity index (χ4v) is 2.47. The molecule has 0 fully saturated rings. The predicted molar refractivity (Wildman–Crippen MR) is 110 cm³/mol. The van der Waals surface area contributed by atoms with E-state index >= 15 is 0 Å². The van der Waals surface area contributed by atoms with Crippen molar-refractivity contribution in [2.24, 2.45) is 0 Å². The zero-order valence-electron chi connectivity index (χ0n) is 15.6. The first-order valence-electron chi connectivity index (χ1n) is 8.95. The first-order chi connectivity index (χ1) is 13.7. The van der Waals surface area contributed by atoms with E-state index in [1.165, 1.54) is 0 Å². The third kappa shape index (κ3) is 5.64. The van der Waals surface area contributed by atoms with Crippen LogP contribution in [0.3, 0.4) is 0 Å². The molecule has 0 aliphatic heterocycles. The van der Waals surface area contributed by atoms with Crippen molar-refractivity contribution in [3.63, 3.8) is 0 Å². The van der Waals surface area contributed by atoms with Crippen LogP contribution in [0.5, 0.6) is 11.5 Å². The van der Waals surface area contributed by atoms with Gasteiger partial charge in [-0.3, -0.25) is 4.98 Å². The lowest BCUT2D eigenvalue weighted by Gasteiger charge is -2.07. The Morgan fingerprint density at radius 1 is 1.04 bits per heavy atom. The summed E-state index contributed by atoms with van der Waals surface area (Å²) < 4.78 is 11.0. The minimum atomic E-state index is -0.319. The van der Waals surface area contributed by atoms with Crippen molar-refractivity contribution in [3.8, 4) is 23.3 Å². The molecule has 0 saturated carbocycles. The Bertz CT molecular complexity index is 991. The van der Waals surface area contributed by atoms with Crippen LogP contribution < -0.4 is 20.1 Å². The summed E-state index contributed by atoms with van der Waals surface area (Å²) in [5, 5.41) is 6.47. The average molecular weight is 375 g/mol. The molecule has 0 unspecified atom stereocenters. The summed E-state index contributed by atoms with van der Waals surface area (Å²) in [5.41, 5.74) is 1.56. The van der Waals surface area contributed by atoms with Crippen molar-refractivity contribution >= 4 is 22.6 Å². The molecule has 3 aromatic rings. The quantitative estimate of drug-likeness (QED) is 0.642. The number of carbonyl (C=O) groups excluding carboxylic acids is 1. The summed E-state index contributed by atoms with van der Waals surface area (Å²) >= 11 is 0. The van der Waals surface area contributed by atoms with Gasteiger partial charge in [0.05, 0.1) is 18.7 Å². The third-order valence-electron chi connectivity index (χ3n) is 3.77. The maximum Gasteiger partial charge on any atom is 0.319 e. The second-order valence-electron chi connectivity index (χ2n) is 5.77. The molecule has 2 amide bonds. The van der Waals surface area contributed by atoms with Crippen molar-refractivity contribution < 1.29 is 14.3 Å². The highest BCUT2D eigenvalue weighted by Gasteiger charge is 2.00. The van der Waals surface area contributed by atoms with E-state index in [9.17, 15) is 4.79 Å². The molecule has 2 aromatic carbocycles. The number of benzene rings is 2. The molecule has 1 aromatic heterocycles. The van der Waals surface area contributed by atoms with Crippen molar-refractivity contribution in [1.82, 2.24) is 10.3 Å². The molecule has 28 heavy (non-hydrogen) atoms. The number of aromatic nitrogens is 1. The lowest BCUT2D eigenvalue weighted by molar-refractivity contribution is 0.253. The van der Waals surface area contributed by atoms with E-state index in [1.54, 1.807) is 30.5 Å². The molecule has 0 saturated heterocycles. The molecule has 0 atom stereocenters. The standard InChI is InChI=1S/C22H21N3O3/c1-2-27-19-11-8-18(9-12-19)25-22(26)24-13-3-4-15-28-20-10-7-17-6-5-14-23-21(17)16-20/h5-12,14,16H,2,13,15H2,1H3,(H2,24,25,26). The number of pyridine rings is 1. The highest BCUT2D eigenvalue weighted by molar-refractivity contribution is 5.89. The largest absolute Gasteiger partial charge is 0.494 e. The monoisotopic (exact) mass is 375 g/mol. The molecule has 0 bridgehead atoms. The smallest absolute Gasteiger partial charge is 0.319 e. The van der Waals surface area contributed by atoms with E-state index in [1.807, 2.05) is 37.3 Å². The van der Waals surface area contributed by atoms with Gasteiger partial charge in [-0.2, -0.15) is 0 Å². The molecular weight excluding hydrogens is 354 g/mol. The van der Waals surface area contributed by atoms with Gasteiger partial charge in [0, 0.05) is 23.3 Å². The lowest BCUT2D eigenvalue weighted by Crippen LogP contribution is -2.28. The molecule has 1 heterocycles. The van der Waals surface area contributed by atoms with Gasteiger partial charge in [-0.25, -0.2) is 4.79 Å². The first-order valence-corrected chi connectivity index (χ1v) is 8.95. The number of rotatable bonds is 6. The number of carbonyl (C=O) groups is 1. The van der Waals surface area contributed by atoms with E-state index < -0.39 is 0 Å². The Kier molecular flexibility index (Phi) is 6.69. The molecule has 6 nitrogen and oxygen atoms in total. The molecule has 0 spiro atoms. The number of hydrogen-bond acceptors (Lipinski definition) is 4. The average Bonchev–Trinajstić information content (AvgIpc) is 2.72. The number of nitrogens with zero attached hydrogens (tertiary/aromatic N) is 1. The molecule has 0 radical (unpaired) electrons. The lowest BCUT2D eigenvalue weighted by atomic mass is 10.2. The molecule has 6 heteroatoms. The zero-order chi connectivity index (χ0) is 19.6. The number of amides is 2. The van der Waals surface area contributed by atoms with Gasteiger partial charge in [0.25, 0.3) is 0 Å². The zero-order valence-corrected chi connectivity index (χ0v) is 15.6.